The van der Waals surface area contributed by atoms with E-state index in [-0.39, 0.29) is 12.6 Å². The number of methoxy groups -OCH3 is 1. The largest absolute Gasteiger partial charge is 0.492 e. The predicted molar refractivity (Wildman–Crippen MR) is 88.7 cm³/mol. The number of aliphatic imine (C=N–C) groups is 1. The maximum atomic E-state index is 12.1. The normalized spacial score (nSPS) is 21.2. The summed E-state index contributed by atoms with van der Waals surface area (Å²) in [5.74, 6) is 0.0454. The van der Waals surface area contributed by atoms with Crippen LogP contribution in [-0.4, -0.2) is 54.1 Å². The molecular weight excluding hydrogens is 328 g/mol. The van der Waals surface area contributed by atoms with Gasteiger partial charge in [0.2, 0.25) is 11.9 Å². The number of carbonyl (C=O) groups is 2. The number of nitrogens with zero attached hydrogens (tertiary/aromatic N) is 2. The van der Waals surface area contributed by atoms with Crippen molar-refractivity contribution in [2.45, 2.75) is 25.4 Å². The lowest BCUT2D eigenvalue weighted by Crippen LogP contribution is -2.47. The monoisotopic (exact) mass is 348 g/mol. The van der Waals surface area contributed by atoms with Gasteiger partial charge < -0.3 is 25.2 Å². The van der Waals surface area contributed by atoms with E-state index in [4.69, 9.17) is 20.3 Å². The second-order valence-electron chi connectivity index (χ2n) is 5.77. The summed E-state index contributed by atoms with van der Waals surface area (Å²) in [6.45, 7) is 2.20. The van der Waals surface area contributed by atoms with Crippen LogP contribution in [0.15, 0.2) is 17.1 Å². The highest BCUT2D eigenvalue weighted by Gasteiger charge is 2.46. The molecule has 9 nitrogen and oxygen atoms in total. The van der Waals surface area contributed by atoms with Crippen LogP contribution in [-0.2, 0) is 9.59 Å². The predicted octanol–water partition coefficient (Wildman–Crippen LogP) is -0.196. The summed E-state index contributed by atoms with van der Waals surface area (Å²) in [5.41, 5.74) is 6.71. The molecule has 0 saturated carbocycles. The van der Waals surface area contributed by atoms with Crippen LogP contribution in [0.3, 0.4) is 0 Å². The smallest absolute Gasteiger partial charge is 0.259 e. The molecule has 4 N–H and O–H groups in total. The van der Waals surface area contributed by atoms with Crippen LogP contribution in [0.2, 0.25) is 0 Å². The van der Waals surface area contributed by atoms with E-state index in [1.165, 1.54) is 7.11 Å². The van der Waals surface area contributed by atoms with E-state index in [1.807, 2.05) is 6.92 Å². The minimum absolute atomic E-state index is 0.0269. The molecule has 0 spiro atoms. The summed E-state index contributed by atoms with van der Waals surface area (Å²) in [7, 11) is 1.51. The molecule has 3 rings (SSSR count). The molecule has 1 aromatic carbocycles. The first-order valence-electron chi connectivity index (χ1n) is 7.91. The fourth-order valence-corrected chi connectivity index (χ4v) is 3.15. The van der Waals surface area contributed by atoms with Crippen LogP contribution in [0.4, 0.5) is 5.69 Å². The second-order valence-corrected chi connectivity index (χ2v) is 5.77. The minimum Gasteiger partial charge on any atom is -0.492 e. The third-order valence-corrected chi connectivity index (χ3v) is 4.24. The molecular formula is C16H20N4O5. The van der Waals surface area contributed by atoms with Gasteiger partial charge in [0.05, 0.1) is 25.4 Å². The number of aliphatic hydroxyl groups is 1. The average molecular weight is 348 g/mol. The van der Waals surface area contributed by atoms with E-state index < -0.39 is 17.9 Å². The highest BCUT2D eigenvalue weighted by atomic mass is 16.5. The summed E-state index contributed by atoms with van der Waals surface area (Å²) >= 11 is 0. The summed E-state index contributed by atoms with van der Waals surface area (Å²) in [6.07, 6.45) is 0.492. The molecule has 2 amide bonds. The number of fused-ring (bicyclic) bond motifs is 2. The zero-order valence-corrected chi connectivity index (χ0v) is 14.0. The molecule has 1 aromatic rings. The van der Waals surface area contributed by atoms with Crippen molar-refractivity contribution >= 4 is 23.5 Å². The highest BCUT2D eigenvalue weighted by Crippen LogP contribution is 2.46. The van der Waals surface area contributed by atoms with Gasteiger partial charge in [-0.15, -0.1) is 0 Å². The van der Waals surface area contributed by atoms with Gasteiger partial charge in [-0.2, -0.15) is 0 Å². The molecule has 0 radical (unpaired) electrons. The van der Waals surface area contributed by atoms with Crippen molar-refractivity contribution in [3.8, 4) is 11.5 Å². The first-order valence-corrected chi connectivity index (χ1v) is 7.91. The number of nitrogens with two attached hydrogens (primary N) is 1. The highest BCUT2D eigenvalue weighted by molar-refractivity contribution is 6.17. The Morgan fingerprint density at radius 3 is 2.88 bits per heavy atom. The van der Waals surface area contributed by atoms with E-state index in [0.717, 1.165) is 0 Å². The number of hydrogen-bond donors (Lipinski definition) is 3. The molecule has 0 aliphatic carbocycles. The van der Waals surface area contributed by atoms with Crippen molar-refractivity contribution in [1.82, 2.24) is 10.2 Å². The molecule has 2 aliphatic rings. The SMILES string of the molecule is COc1c(OCCCO)ccc2c1C(C)N1C(=N2)NC(=O)C1C(N)=O. The molecule has 2 aliphatic heterocycles. The number of nitrogens with one attached hydrogen (secondary N) is 1. The zero-order chi connectivity index (χ0) is 18.1. The van der Waals surface area contributed by atoms with E-state index in [0.29, 0.717) is 41.7 Å². The Labute approximate surface area is 144 Å². The molecule has 25 heavy (non-hydrogen) atoms. The van der Waals surface area contributed by atoms with Crippen molar-refractivity contribution in [3.05, 3.63) is 17.7 Å². The van der Waals surface area contributed by atoms with Crippen LogP contribution in [0.5, 0.6) is 11.5 Å². The number of primary amides is 1. The molecule has 134 valence electrons. The van der Waals surface area contributed by atoms with E-state index in [1.54, 1.807) is 17.0 Å². The average Bonchev–Trinajstić information content (AvgIpc) is 2.91. The maximum Gasteiger partial charge on any atom is 0.259 e. The number of benzene rings is 1. The lowest BCUT2D eigenvalue weighted by molar-refractivity contribution is -0.131. The number of carbonyl (C=O) groups excluding carboxylic acids is 2. The minimum atomic E-state index is -1.12. The third kappa shape index (κ3) is 2.76. The van der Waals surface area contributed by atoms with Gasteiger partial charge in [0.1, 0.15) is 0 Å². The van der Waals surface area contributed by atoms with E-state index >= 15 is 0 Å². The fraction of sp³-hybridized carbons (Fsp3) is 0.438. The lowest BCUT2D eigenvalue weighted by Gasteiger charge is -2.34. The van der Waals surface area contributed by atoms with E-state index in [2.05, 4.69) is 10.3 Å². The van der Waals surface area contributed by atoms with Gasteiger partial charge in [0.25, 0.3) is 5.91 Å². The van der Waals surface area contributed by atoms with Crippen molar-refractivity contribution in [2.24, 2.45) is 10.7 Å². The van der Waals surface area contributed by atoms with Gasteiger partial charge >= 0.3 is 0 Å². The Morgan fingerprint density at radius 1 is 1.48 bits per heavy atom. The molecule has 2 unspecified atom stereocenters. The van der Waals surface area contributed by atoms with Gasteiger partial charge in [0.15, 0.2) is 17.5 Å². The summed E-state index contributed by atoms with van der Waals surface area (Å²) in [6, 6.07) is 1.99. The van der Waals surface area contributed by atoms with Crippen molar-refractivity contribution < 1.29 is 24.2 Å². The quantitative estimate of drug-likeness (QED) is 0.483. The molecule has 1 saturated heterocycles. The van der Waals surface area contributed by atoms with Gasteiger partial charge in [0, 0.05) is 18.6 Å². The molecule has 1 fully saturated rings. The Balaban J connectivity index is 2.03. The summed E-state index contributed by atoms with van der Waals surface area (Å²) < 4.78 is 11.2. The number of guanidine groups is 1. The first-order chi connectivity index (χ1) is 12.0. The number of aliphatic hydroxyl groups excluding tert-OH is 1. The fourth-order valence-electron chi connectivity index (χ4n) is 3.15. The van der Waals surface area contributed by atoms with Gasteiger partial charge in [-0.3, -0.25) is 14.9 Å². The van der Waals surface area contributed by atoms with Crippen LogP contribution in [0.1, 0.15) is 24.9 Å². The third-order valence-electron chi connectivity index (χ3n) is 4.24. The molecule has 0 aromatic heterocycles. The van der Waals surface area contributed by atoms with Crippen LogP contribution in [0.25, 0.3) is 0 Å². The lowest BCUT2D eigenvalue weighted by atomic mass is 10.00. The molecule has 9 heteroatoms. The summed E-state index contributed by atoms with van der Waals surface area (Å²) in [5, 5.41) is 11.5. The second kappa shape index (κ2) is 6.60. The van der Waals surface area contributed by atoms with E-state index in [9.17, 15) is 9.59 Å². The molecule has 0 bridgehead atoms. The standard InChI is InChI=1S/C16H20N4O5/c1-8-11-9(4-5-10(13(11)24-2)25-7-3-6-21)18-16-19-15(23)12(14(17)22)20(8)16/h4-5,8,12,21H,3,6-7H2,1-2H3,(H2,17,22)(H,18,19,23). The van der Waals surface area contributed by atoms with Gasteiger partial charge in [-0.25, -0.2) is 4.99 Å². The van der Waals surface area contributed by atoms with Crippen molar-refractivity contribution in [3.63, 3.8) is 0 Å². The Hall–Kier alpha value is -2.81. The number of ether oxygens (including phenoxy) is 2. The van der Waals surface area contributed by atoms with Gasteiger partial charge in [-0.1, -0.05) is 0 Å². The van der Waals surface area contributed by atoms with Crippen LogP contribution >= 0.6 is 0 Å². The molecule has 2 atom stereocenters. The Bertz CT molecular complexity index is 748. The topological polar surface area (TPSA) is 126 Å². The molecule has 2 heterocycles. The van der Waals surface area contributed by atoms with Crippen LogP contribution in [0, 0.1) is 0 Å². The zero-order valence-electron chi connectivity index (χ0n) is 14.0. The Morgan fingerprint density at radius 2 is 2.24 bits per heavy atom. The number of amides is 2. The summed E-state index contributed by atoms with van der Waals surface area (Å²) in [4.78, 5) is 29.7. The first kappa shape index (κ1) is 17.0. The van der Waals surface area contributed by atoms with Crippen molar-refractivity contribution in [1.29, 1.82) is 0 Å². The Kier molecular flexibility index (Phi) is 4.49. The van der Waals surface area contributed by atoms with Gasteiger partial charge in [-0.05, 0) is 19.1 Å². The number of hydrogen-bond acceptors (Lipinski definition) is 7. The van der Waals surface area contributed by atoms with Crippen LogP contribution < -0.4 is 20.5 Å². The number of rotatable bonds is 6. The maximum absolute atomic E-state index is 12.1. The van der Waals surface area contributed by atoms with Crippen molar-refractivity contribution in [2.75, 3.05) is 20.3 Å².